The third kappa shape index (κ3) is 3.32. The molecule has 0 heterocycles. The first-order chi connectivity index (χ1) is 9.11. The van der Waals surface area contributed by atoms with Crippen molar-refractivity contribution < 1.29 is 14.3 Å². The van der Waals surface area contributed by atoms with Gasteiger partial charge in [0.25, 0.3) is 0 Å². The number of aromatic carboxylic acids is 1. The Labute approximate surface area is 113 Å². The van der Waals surface area contributed by atoms with Crippen LogP contribution in [0, 0.1) is 5.82 Å². The summed E-state index contributed by atoms with van der Waals surface area (Å²) in [5, 5.41) is 8.82. The van der Waals surface area contributed by atoms with E-state index in [1.54, 1.807) is 6.07 Å². The van der Waals surface area contributed by atoms with Crippen molar-refractivity contribution in [1.29, 1.82) is 0 Å². The van der Waals surface area contributed by atoms with Crippen molar-refractivity contribution in [1.82, 2.24) is 4.90 Å². The normalized spacial score (nSPS) is 16.2. The molecule has 1 N–H and O–H groups in total. The minimum atomic E-state index is -1.09. The number of hydrogen-bond donors (Lipinski definition) is 1. The lowest BCUT2D eigenvalue weighted by Crippen LogP contribution is -2.32. The standard InChI is InChI=1S/C15H20FNO2/c1-2-17(13-5-3-4-6-13)10-12-8-7-11(15(18)19)9-14(12)16/h7-9,13H,2-6,10H2,1H3,(H,18,19). The lowest BCUT2D eigenvalue weighted by Gasteiger charge is -2.27. The first kappa shape index (κ1) is 14.0. The van der Waals surface area contributed by atoms with Crippen LogP contribution in [0.1, 0.15) is 48.5 Å². The number of benzene rings is 1. The topological polar surface area (TPSA) is 40.5 Å². The summed E-state index contributed by atoms with van der Waals surface area (Å²) >= 11 is 0. The van der Waals surface area contributed by atoms with Gasteiger partial charge in [0, 0.05) is 18.2 Å². The Morgan fingerprint density at radius 3 is 2.63 bits per heavy atom. The van der Waals surface area contributed by atoms with Gasteiger partial charge in [-0.2, -0.15) is 0 Å². The fourth-order valence-corrected chi connectivity index (χ4v) is 2.80. The highest BCUT2D eigenvalue weighted by Gasteiger charge is 2.22. The molecule has 1 aliphatic rings. The molecule has 0 saturated heterocycles. The van der Waals surface area contributed by atoms with Crippen molar-refractivity contribution in [3.05, 3.63) is 35.1 Å². The third-order valence-electron chi connectivity index (χ3n) is 3.92. The first-order valence-corrected chi connectivity index (χ1v) is 6.87. The molecule has 0 aromatic heterocycles. The van der Waals surface area contributed by atoms with Crippen molar-refractivity contribution in [2.75, 3.05) is 6.54 Å². The van der Waals surface area contributed by atoms with Crippen LogP contribution in [0.2, 0.25) is 0 Å². The zero-order chi connectivity index (χ0) is 13.8. The zero-order valence-corrected chi connectivity index (χ0v) is 11.2. The monoisotopic (exact) mass is 265 g/mol. The maximum absolute atomic E-state index is 13.9. The molecule has 2 rings (SSSR count). The van der Waals surface area contributed by atoms with Crippen LogP contribution >= 0.6 is 0 Å². The molecular formula is C15H20FNO2. The van der Waals surface area contributed by atoms with Crippen LogP contribution in [0.5, 0.6) is 0 Å². The fraction of sp³-hybridized carbons (Fsp3) is 0.533. The van der Waals surface area contributed by atoms with Gasteiger partial charge in [-0.1, -0.05) is 25.8 Å². The number of halogens is 1. The van der Waals surface area contributed by atoms with Gasteiger partial charge >= 0.3 is 5.97 Å². The molecule has 104 valence electrons. The molecule has 1 saturated carbocycles. The average molecular weight is 265 g/mol. The molecule has 0 bridgehead atoms. The average Bonchev–Trinajstić information content (AvgIpc) is 2.91. The van der Waals surface area contributed by atoms with Crippen molar-refractivity contribution in [3.63, 3.8) is 0 Å². The van der Waals surface area contributed by atoms with Gasteiger partial charge in [-0.3, -0.25) is 4.90 Å². The molecule has 0 unspecified atom stereocenters. The fourth-order valence-electron chi connectivity index (χ4n) is 2.80. The van der Waals surface area contributed by atoms with Crippen LogP contribution in [0.15, 0.2) is 18.2 Å². The van der Waals surface area contributed by atoms with Crippen LogP contribution in [0.3, 0.4) is 0 Å². The summed E-state index contributed by atoms with van der Waals surface area (Å²) in [6.45, 7) is 3.54. The van der Waals surface area contributed by atoms with Gasteiger partial charge in [-0.05, 0) is 31.5 Å². The lowest BCUT2D eigenvalue weighted by atomic mass is 10.1. The predicted octanol–water partition coefficient (Wildman–Crippen LogP) is 3.29. The van der Waals surface area contributed by atoms with E-state index in [1.165, 1.54) is 31.7 Å². The highest BCUT2D eigenvalue weighted by atomic mass is 19.1. The highest BCUT2D eigenvalue weighted by Crippen LogP contribution is 2.25. The van der Waals surface area contributed by atoms with E-state index in [-0.39, 0.29) is 5.56 Å². The molecule has 1 fully saturated rings. The Hall–Kier alpha value is -1.42. The Kier molecular flexibility index (Phi) is 4.53. The quantitative estimate of drug-likeness (QED) is 0.888. The number of nitrogens with zero attached hydrogens (tertiary/aromatic N) is 1. The van der Waals surface area contributed by atoms with Crippen LogP contribution in [-0.4, -0.2) is 28.6 Å². The second-order valence-electron chi connectivity index (χ2n) is 5.11. The SMILES string of the molecule is CCN(Cc1ccc(C(=O)O)cc1F)C1CCCC1. The third-order valence-corrected chi connectivity index (χ3v) is 3.92. The van der Waals surface area contributed by atoms with E-state index in [0.29, 0.717) is 18.2 Å². The number of carbonyl (C=O) groups is 1. The number of hydrogen-bond acceptors (Lipinski definition) is 2. The van der Waals surface area contributed by atoms with Crippen LogP contribution < -0.4 is 0 Å². The Morgan fingerprint density at radius 1 is 1.42 bits per heavy atom. The van der Waals surface area contributed by atoms with Gasteiger partial charge in [0.05, 0.1) is 5.56 Å². The summed E-state index contributed by atoms with van der Waals surface area (Å²) in [4.78, 5) is 13.1. The second-order valence-corrected chi connectivity index (χ2v) is 5.11. The molecule has 1 aromatic carbocycles. The highest BCUT2D eigenvalue weighted by molar-refractivity contribution is 5.87. The Morgan fingerprint density at radius 2 is 2.11 bits per heavy atom. The van der Waals surface area contributed by atoms with E-state index in [4.69, 9.17) is 5.11 Å². The Bertz CT molecular complexity index is 455. The lowest BCUT2D eigenvalue weighted by molar-refractivity contribution is 0.0696. The smallest absolute Gasteiger partial charge is 0.335 e. The van der Waals surface area contributed by atoms with Crippen molar-refractivity contribution in [2.45, 2.75) is 45.2 Å². The van der Waals surface area contributed by atoms with Crippen molar-refractivity contribution in [3.8, 4) is 0 Å². The van der Waals surface area contributed by atoms with Gasteiger partial charge in [0.2, 0.25) is 0 Å². The van der Waals surface area contributed by atoms with E-state index >= 15 is 0 Å². The van der Waals surface area contributed by atoms with Crippen molar-refractivity contribution >= 4 is 5.97 Å². The zero-order valence-electron chi connectivity index (χ0n) is 11.2. The molecule has 3 nitrogen and oxygen atoms in total. The number of carboxylic acid groups (broad SMARTS) is 1. The first-order valence-electron chi connectivity index (χ1n) is 6.87. The Balaban J connectivity index is 2.10. The summed E-state index contributed by atoms with van der Waals surface area (Å²) in [7, 11) is 0. The van der Waals surface area contributed by atoms with E-state index in [2.05, 4.69) is 11.8 Å². The van der Waals surface area contributed by atoms with E-state index in [1.807, 2.05) is 0 Å². The molecule has 0 radical (unpaired) electrons. The predicted molar refractivity (Wildman–Crippen MR) is 71.7 cm³/mol. The second kappa shape index (κ2) is 6.15. The van der Waals surface area contributed by atoms with Gasteiger partial charge in [0.1, 0.15) is 5.82 Å². The maximum Gasteiger partial charge on any atom is 0.335 e. The van der Waals surface area contributed by atoms with E-state index < -0.39 is 11.8 Å². The van der Waals surface area contributed by atoms with Crippen LogP contribution in [0.4, 0.5) is 4.39 Å². The molecule has 0 spiro atoms. The molecule has 0 aliphatic heterocycles. The molecule has 1 aromatic rings. The molecule has 0 amide bonds. The minimum absolute atomic E-state index is 0.00478. The number of rotatable bonds is 5. The van der Waals surface area contributed by atoms with E-state index in [9.17, 15) is 9.18 Å². The molecule has 1 aliphatic carbocycles. The van der Waals surface area contributed by atoms with Crippen LogP contribution in [-0.2, 0) is 6.54 Å². The molecule has 19 heavy (non-hydrogen) atoms. The maximum atomic E-state index is 13.9. The van der Waals surface area contributed by atoms with Gasteiger partial charge in [-0.15, -0.1) is 0 Å². The van der Waals surface area contributed by atoms with Crippen molar-refractivity contribution in [2.24, 2.45) is 0 Å². The molecule has 4 heteroatoms. The summed E-state index contributed by atoms with van der Waals surface area (Å²) in [5.41, 5.74) is 0.587. The van der Waals surface area contributed by atoms with Gasteiger partial charge in [-0.25, -0.2) is 9.18 Å². The van der Waals surface area contributed by atoms with Gasteiger partial charge < -0.3 is 5.11 Å². The summed E-state index contributed by atoms with van der Waals surface area (Å²) in [6.07, 6.45) is 4.87. The summed E-state index contributed by atoms with van der Waals surface area (Å²) in [6, 6.07) is 4.73. The van der Waals surface area contributed by atoms with Crippen LogP contribution in [0.25, 0.3) is 0 Å². The molecular weight excluding hydrogens is 245 g/mol. The van der Waals surface area contributed by atoms with E-state index in [0.717, 1.165) is 12.6 Å². The minimum Gasteiger partial charge on any atom is -0.478 e. The largest absolute Gasteiger partial charge is 0.478 e. The summed E-state index contributed by atoms with van der Waals surface area (Å²) < 4.78 is 13.9. The molecule has 0 atom stereocenters. The summed E-state index contributed by atoms with van der Waals surface area (Å²) in [5.74, 6) is -1.51. The number of carboxylic acids is 1. The van der Waals surface area contributed by atoms with Gasteiger partial charge in [0.15, 0.2) is 0 Å².